The molecule has 0 radical (unpaired) electrons. The SMILES string of the molecule is CC(C)=CC(OC1CC(C(O)(C(F)(F)F)C(F)(F)F)CC(C(O)(C(F)(F)F)C(F)(F)F)C1)=C(C)C. The van der Waals surface area contributed by atoms with Crippen molar-refractivity contribution in [3.63, 3.8) is 0 Å². The van der Waals surface area contributed by atoms with Crippen molar-refractivity contribution in [1.29, 1.82) is 0 Å². The Hall–Kier alpha value is -1.64. The first-order valence-electron chi connectivity index (χ1n) is 10.0. The van der Waals surface area contributed by atoms with Crippen molar-refractivity contribution < 1.29 is 67.6 Å². The maximum Gasteiger partial charge on any atom is 0.426 e. The lowest BCUT2D eigenvalue weighted by molar-refractivity contribution is -0.405. The summed E-state index contributed by atoms with van der Waals surface area (Å²) in [6.45, 7) is 5.74. The highest BCUT2D eigenvalue weighted by Crippen LogP contribution is 2.58. The number of alkyl halides is 12. The minimum atomic E-state index is -6.52. The summed E-state index contributed by atoms with van der Waals surface area (Å²) in [5, 5.41) is 19.5. The largest absolute Gasteiger partial charge is 0.490 e. The number of allylic oxidation sites excluding steroid dienone is 3. The van der Waals surface area contributed by atoms with E-state index in [-0.39, 0.29) is 11.3 Å². The van der Waals surface area contributed by atoms with Crippen LogP contribution < -0.4 is 0 Å². The molecule has 0 aromatic rings. The minimum Gasteiger partial charge on any atom is -0.490 e. The van der Waals surface area contributed by atoms with E-state index < -0.39 is 73.1 Å². The zero-order valence-electron chi connectivity index (χ0n) is 18.8. The topological polar surface area (TPSA) is 49.7 Å². The maximum atomic E-state index is 13.4. The zero-order valence-corrected chi connectivity index (χ0v) is 18.8. The first-order valence-corrected chi connectivity index (χ1v) is 10.0. The quantitative estimate of drug-likeness (QED) is 0.230. The third-order valence-electron chi connectivity index (χ3n) is 5.78. The summed E-state index contributed by atoms with van der Waals surface area (Å²) in [5.74, 6) is -6.72. The minimum absolute atomic E-state index is 0.209. The molecule has 1 aliphatic rings. The van der Waals surface area contributed by atoms with Gasteiger partial charge in [0.15, 0.2) is 0 Å². The first-order chi connectivity index (χ1) is 15.3. The Balaban J connectivity index is 3.78. The third kappa shape index (κ3) is 6.03. The molecule has 2 atom stereocenters. The molecule has 1 aliphatic carbocycles. The smallest absolute Gasteiger partial charge is 0.426 e. The van der Waals surface area contributed by atoms with Crippen LogP contribution >= 0.6 is 0 Å². The molecule has 0 spiro atoms. The van der Waals surface area contributed by atoms with Crippen molar-refractivity contribution in [3.05, 3.63) is 23.0 Å². The van der Waals surface area contributed by atoms with Crippen LogP contribution in [-0.2, 0) is 4.74 Å². The van der Waals surface area contributed by atoms with Gasteiger partial charge in [0, 0.05) is 11.8 Å². The van der Waals surface area contributed by atoms with Crippen LogP contribution in [0.25, 0.3) is 0 Å². The van der Waals surface area contributed by atoms with Crippen molar-refractivity contribution in [1.82, 2.24) is 0 Å². The number of aliphatic hydroxyl groups is 2. The molecule has 1 saturated carbocycles. The van der Waals surface area contributed by atoms with Gasteiger partial charge >= 0.3 is 24.7 Å². The van der Waals surface area contributed by atoms with Crippen LogP contribution in [0.2, 0.25) is 0 Å². The second-order valence-electron chi connectivity index (χ2n) is 8.95. The van der Waals surface area contributed by atoms with E-state index in [4.69, 9.17) is 4.74 Å². The number of rotatable bonds is 5. The predicted octanol–water partition coefficient (Wildman–Crippen LogP) is 6.76. The van der Waals surface area contributed by atoms with Gasteiger partial charge in [0.05, 0.1) is 6.10 Å². The fraction of sp³-hybridized carbons (Fsp3) is 0.800. The maximum absolute atomic E-state index is 13.4. The van der Waals surface area contributed by atoms with Gasteiger partial charge in [-0.1, -0.05) is 5.57 Å². The van der Waals surface area contributed by atoms with Gasteiger partial charge in [-0.3, -0.25) is 0 Å². The number of ether oxygens (including phenoxy) is 1. The normalized spacial score (nSPS) is 23.1. The standard InChI is InChI=1S/C20H24F12O3/c1-9(2)5-14(10(3)4)35-13-7-11(15(33,17(21,22)23)18(24,25)26)6-12(8-13)16(34,19(27,28)29)20(30,31)32/h5,11-13,33-34H,6-8H2,1-4H3. The Bertz CT molecular complexity index is 735. The molecule has 1 fully saturated rings. The average Bonchev–Trinajstić information content (AvgIpc) is 2.61. The molecule has 2 N–H and O–H groups in total. The third-order valence-corrected chi connectivity index (χ3v) is 5.78. The fourth-order valence-electron chi connectivity index (χ4n) is 4.03. The summed E-state index contributed by atoms with van der Waals surface area (Å²) >= 11 is 0. The van der Waals surface area contributed by atoms with E-state index in [1.165, 1.54) is 33.8 Å². The van der Waals surface area contributed by atoms with Gasteiger partial charge in [-0.25, -0.2) is 0 Å². The van der Waals surface area contributed by atoms with E-state index in [1.54, 1.807) is 0 Å². The van der Waals surface area contributed by atoms with E-state index >= 15 is 0 Å². The van der Waals surface area contributed by atoms with Crippen LogP contribution in [0.15, 0.2) is 23.0 Å². The molecule has 0 aromatic heterocycles. The van der Waals surface area contributed by atoms with E-state index in [1.807, 2.05) is 0 Å². The monoisotopic (exact) mass is 540 g/mol. The van der Waals surface area contributed by atoms with E-state index in [0.717, 1.165) is 0 Å². The molecule has 0 aromatic carbocycles. The molecule has 15 heteroatoms. The van der Waals surface area contributed by atoms with Crippen molar-refractivity contribution >= 4 is 0 Å². The molecule has 35 heavy (non-hydrogen) atoms. The van der Waals surface area contributed by atoms with Crippen molar-refractivity contribution in [2.45, 2.75) is 89.0 Å². The summed E-state index contributed by atoms with van der Waals surface area (Å²) < 4.78 is 166. The van der Waals surface area contributed by atoms with Crippen LogP contribution in [0.1, 0.15) is 47.0 Å². The van der Waals surface area contributed by atoms with Crippen LogP contribution in [0.5, 0.6) is 0 Å². The van der Waals surface area contributed by atoms with Crippen LogP contribution in [-0.4, -0.2) is 52.2 Å². The van der Waals surface area contributed by atoms with Gasteiger partial charge < -0.3 is 14.9 Å². The Morgan fingerprint density at radius 3 is 1.17 bits per heavy atom. The molecule has 0 aliphatic heterocycles. The van der Waals surface area contributed by atoms with Gasteiger partial charge in [0.25, 0.3) is 11.2 Å². The summed E-state index contributed by atoms with van der Waals surface area (Å²) in [7, 11) is 0. The predicted molar refractivity (Wildman–Crippen MR) is 97.6 cm³/mol. The van der Waals surface area contributed by atoms with E-state index in [0.29, 0.717) is 5.57 Å². The Morgan fingerprint density at radius 2 is 0.943 bits per heavy atom. The van der Waals surface area contributed by atoms with Crippen LogP contribution in [0.3, 0.4) is 0 Å². The molecule has 0 amide bonds. The molecule has 206 valence electrons. The van der Waals surface area contributed by atoms with E-state index in [2.05, 4.69) is 0 Å². The second-order valence-corrected chi connectivity index (χ2v) is 8.95. The molecule has 3 nitrogen and oxygen atoms in total. The molecule has 0 bridgehead atoms. The first kappa shape index (κ1) is 31.4. The Kier molecular flexibility index (Phi) is 8.67. The van der Waals surface area contributed by atoms with Gasteiger partial charge in [-0.2, -0.15) is 52.7 Å². The van der Waals surface area contributed by atoms with Gasteiger partial charge in [0.1, 0.15) is 5.76 Å². The lowest BCUT2D eigenvalue weighted by atomic mass is 9.65. The van der Waals surface area contributed by atoms with Gasteiger partial charge in [0.2, 0.25) is 0 Å². The van der Waals surface area contributed by atoms with Crippen molar-refractivity contribution in [2.24, 2.45) is 11.8 Å². The highest BCUT2D eigenvalue weighted by Gasteiger charge is 2.78. The number of hydrogen-bond donors (Lipinski definition) is 2. The molecule has 0 saturated heterocycles. The highest BCUT2D eigenvalue weighted by atomic mass is 19.4. The zero-order chi connectivity index (χ0) is 28.0. The van der Waals surface area contributed by atoms with Crippen molar-refractivity contribution in [3.8, 4) is 0 Å². The molecule has 1 rings (SSSR count). The second kappa shape index (κ2) is 9.67. The van der Waals surface area contributed by atoms with Crippen LogP contribution in [0.4, 0.5) is 52.7 Å². The number of halogens is 12. The summed E-state index contributed by atoms with van der Waals surface area (Å²) in [6.07, 6.45) is -31.8. The summed E-state index contributed by atoms with van der Waals surface area (Å²) in [6, 6.07) is 0. The van der Waals surface area contributed by atoms with Gasteiger partial charge in [-0.15, -0.1) is 0 Å². The molecular weight excluding hydrogens is 516 g/mol. The lowest BCUT2D eigenvalue weighted by Gasteiger charge is -2.48. The molecule has 0 heterocycles. The Morgan fingerprint density at radius 1 is 0.629 bits per heavy atom. The van der Waals surface area contributed by atoms with Crippen molar-refractivity contribution in [2.75, 3.05) is 0 Å². The molecule has 2 unspecified atom stereocenters. The fourth-order valence-corrected chi connectivity index (χ4v) is 4.03. The van der Waals surface area contributed by atoms with Gasteiger partial charge in [-0.05, 0) is 58.6 Å². The highest BCUT2D eigenvalue weighted by molar-refractivity contribution is 5.21. The average molecular weight is 540 g/mol. The number of hydrogen-bond acceptors (Lipinski definition) is 3. The lowest BCUT2D eigenvalue weighted by Crippen LogP contribution is -2.67. The van der Waals surface area contributed by atoms with E-state index in [9.17, 15) is 62.9 Å². The van der Waals surface area contributed by atoms with Crippen LogP contribution in [0, 0.1) is 11.8 Å². The molecular formula is C20H24F12O3. The summed E-state index contributed by atoms with van der Waals surface area (Å²) in [4.78, 5) is 0. The Labute approximate surface area is 192 Å². The summed E-state index contributed by atoms with van der Waals surface area (Å²) in [5.41, 5.74) is -10.6.